The molecule has 1 aliphatic heterocycles. The number of hydrogen-bond acceptors (Lipinski definition) is 5. The lowest BCUT2D eigenvalue weighted by molar-refractivity contribution is -0.0407. The molecule has 2 rings (SSSR count). The van der Waals surface area contributed by atoms with E-state index >= 15 is 0 Å². The van der Waals surface area contributed by atoms with Crippen LogP contribution in [0, 0.1) is 0 Å². The summed E-state index contributed by atoms with van der Waals surface area (Å²) >= 11 is 0. The van der Waals surface area contributed by atoms with E-state index in [-0.39, 0.29) is 6.10 Å². The lowest BCUT2D eigenvalue weighted by atomic mass is 10.2. The van der Waals surface area contributed by atoms with E-state index in [4.69, 9.17) is 14.2 Å². The largest absolute Gasteiger partial charge is 0.493 e. The van der Waals surface area contributed by atoms with Crippen LogP contribution < -0.4 is 14.8 Å². The van der Waals surface area contributed by atoms with Crippen molar-refractivity contribution in [2.45, 2.75) is 19.6 Å². The van der Waals surface area contributed by atoms with Gasteiger partial charge in [0, 0.05) is 25.2 Å². The van der Waals surface area contributed by atoms with Gasteiger partial charge in [-0.1, -0.05) is 19.1 Å². The molecule has 5 nitrogen and oxygen atoms in total. The zero-order chi connectivity index (χ0) is 15.1. The van der Waals surface area contributed by atoms with Crippen molar-refractivity contribution in [3.63, 3.8) is 0 Å². The van der Waals surface area contributed by atoms with E-state index in [0.717, 1.165) is 49.8 Å². The fourth-order valence-corrected chi connectivity index (χ4v) is 2.43. The van der Waals surface area contributed by atoms with Gasteiger partial charge in [-0.3, -0.25) is 0 Å². The topological polar surface area (TPSA) is 43.0 Å². The number of hydrogen-bond donors (Lipinski definition) is 1. The van der Waals surface area contributed by atoms with Gasteiger partial charge in [0.15, 0.2) is 11.5 Å². The van der Waals surface area contributed by atoms with Crippen LogP contribution in [0.25, 0.3) is 0 Å². The highest BCUT2D eigenvalue weighted by atomic mass is 16.5. The molecule has 0 spiro atoms. The molecule has 1 aromatic rings. The molecule has 1 N–H and O–H groups in total. The van der Waals surface area contributed by atoms with Crippen molar-refractivity contribution >= 4 is 0 Å². The number of likely N-dealkylation sites (N-methyl/N-ethyl adjacent to an activating group) is 1. The van der Waals surface area contributed by atoms with Gasteiger partial charge in [-0.15, -0.1) is 0 Å². The Morgan fingerprint density at radius 2 is 2.29 bits per heavy atom. The molecule has 1 aliphatic rings. The lowest BCUT2D eigenvalue weighted by Gasteiger charge is -2.30. The van der Waals surface area contributed by atoms with E-state index in [0.29, 0.717) is 6.61 Å². The molecule has 21 heavy (non-hydrogen) atoms. The van der Waals surface area contributed by atoms with Crippen molar-refractivity contribution in [1.29, 1.82) is 0 Å². The van der Waals surface area contributed by atoms with E-state index in [1.54, 1.807) is 7.11 Å². The number of ether oxygens (including phenoxy) is 3. The summed E-state index contributed by atoms with van der Waals surface area (Å²) in [7, 11) is 3.78. The Morgan fingerprint density at radius 1 is 1.43 bits per heavy atom. The molecule has 1 fully saturated rings. The van der Waals surface area contributed by atoms with Gasteiger partial charge in [-0.25, -0.2) is 0 Å². The predicted octanol–water partition coefficient (Wildman–Crippen LogP) is 1.51. The van der Waals surface area contributed by atoms with Crippen molar-refractivity contribution in [2.24, 2.45) is 0 Å². The Hall–Kier alpha value is -1.30. The zero-order valence-electron chi connectivity index (χ0n) is 13.2. The minimum atomic E-state index is 0.112. The molecule has 1 unspecified atom stereocenters. The average Bonchev–Trinajstić information content (AvgIpc) is 2.51. The Balaban J connectivity index is 2.02. The summed E-state index contributed by atoms with van der Waals surface area (Å²) in [6, 6.07) is 5.98. The van der Waals surface area contributed by atoms with Crippen LogP contribution in [0.15, 0.2) is 18.2 Å². The van der Waals surface area contributed by atoms with Crippen molar-refractivity contribution < 1.29 is 14.2 Å². The first-order chi connectivity index (χ1) is 10.2. The Labute approximate surface area is 127 Å². The number of nitrogens with zero attached hydrogens (tertiary/aromatic N) is 1. The van der Waals surface area contributed by atoms with Crippen molar-refractivity contribution in [1.82, 2.24) is 10.2 Å². The van der Waals surface area contributed by atoms with Crippen LogP contribution >= 0.6 is 0 Å². The highest BCUT2D eigenvalue weighted by molar-refractivity contribution is 5.46. The van der Waals surface area contributed by atoms with E-state index in [9.17, 15) is 0 Å². The SMILES string of the molecule is CCNCc1cccc(OC)c1OCC1CN(C)CCO1. The summed E-state index contributed by atoms with van der Waals surface area (Å²) in [5, 5.41) is 3.33. The van der Waals surface area contributed by atoms with Gasteiger partial charge in [-0.05, 0) is 19.7 Å². The molecule has 0 aromatic heterocycles. The monoisotopic (exact) mass is 294 g/mol. The molecular weight excluding hydrogens is 268 g/mol. The van der Waals surface area contributed by atoms with Crippen LogP contribution in [0.3, 0.4) is 0 Å². The standard InChI is InChI=1S/C16H26N2O3/c1-4-17-10-13-6-5-7-15(19-3)16(13)21-12-14-11-18(2)8-9-20-14/h5-7,14,17H,4,8-12H2,1-3H3. The van der Waals surface area contributed by atoms with Crippen LogP contribution in [-0.4, -0.2) is 58.0 Å². The first-order valence-corrected chi connectivity index (χ1v) is 7.54. The summed E-state index contributed by atoms with van der Waals surface area (Å²) in [5.41, 5.74) is 1.11. The maximum Gasteiger partial charge on any atom is 0.165 e. The summed E-state index contributed by atoms with van der Waals surface area (Å²) in [6.45, 7) is 6.98. The quantitative estimate of drug-likeness (QED) is 0.826. The second-order valence-electron chi connectivity index (χ2n) is 5.29. The molecule has 0 aliphatic carbocycles. The summed E-state index contributed by atoms with van der Waals surface area (Å²) in [5.74, 6) is 1.59. The normalized spacial score (nSPS) is 19.5. The lowest BCUT2D eigenvalue weighted by Crippen LogP contribution is -2.42. The minimum Gasteiger partial charge on any atom is -0.493 e. The summed E-state index contributed by atoms with van der Waals surface area (Å²) < 4.78 is 17.2. The Bertz CT molecular complexity index is 440. The first kappa shape index (κ1) is 16.1. The first-order valence-electron chi connectivity index (χ1n) is 7.54. The number of para-hydroxylation sites is 1. The molecule has 5 heteroatoms. The highest BCUT2D eigenvalue weighted by Crippen LogP contribution is 2.31. The van der Waals surface area contributed by atoms with E-state index in [2.05, 4.69) is 30.3 Å². The third-order valence-electron chi connectivity index (χ3n) is 3.60. The van der Waals surface area contributed by atoms with Crippen LogP contribution in [-0.2, 0) is 11.3 Å². The van der Waals surface area contributed by atoms with Crippen LogP contribution in [0.1, 0.15) is 12.5 Å². The minimum absolute atomic E-state index is 0.112. The molecule has 0 saturated carbocycles. The van der Waals surface area contributed by atoms with Crippen molar-refractivity contribution in [2.75, 3.05) is 47.0 Å². The van der Waals surface area contributed by atoms with E-state index in [1.165, 1.54) is 0 Å². The third-order valence-corrected chi connectivity index (χ3v) is 3.60. The number of methoxy groups -OCH3 is 1. The van der Waals surface area contributed by atoms with Crippen molar-refractivity contribution in [3.8, 4) is 11.5 Å². The fourth-order valence-electron chi connectivity index (χ4n) is 2.43. The molecule has 1 heterocycles. The molecule has 1 aromatic carbocycles. The summed E-state index contributed by atoms with van der Waals surface area (Å²) in [4.78, 5) is 2.26. The van der Waals surface area contributed by atoms with Crippen LogP contribution in [0.2, 0.25) is 0 Å². The van der Waals surface area contributed by atoms with Gasteiger partial charge in [0.1, 0.15) is 12.7 Å². The maximum absolute atomic E-state index is 6.03. The molecule has 1 saturated heterocycles. The average molecular weight is 294 g/mol. The van der Waals surface area contributed by atoms with Gasteiger partial charge in [0.25, 0.3) is 0 Å². The fraction of sp³-hybridized carbons (Fsp3) is 0.625. The molecule has 118 valence electrons. The van der Waals surface area contributed by atoms with Gasteiger partial charge in [0.05, 0.1) is 13.7 Å². The van der Waals surface area contributed by atoms with Crippen molar-refractivity contribution in [3.05, 3.63) is 23.8 Å². The third kappa shape index (κ3) is 4.59. The second-order valence-corrected chi connectivity index (χ2v) is 5.29. The highest BCUT2D eigenvalue weighted by Gasteiger charge is 2.20. The Morgan fingerprint density at radius 3 is 3.00 bits per heavy atom. The van der Waals surface area contributed by atoms with E-state index < -0.39 is 0 Å². The van der Waals surface area contributed by atoms with Gasteiger partial charge < -0.3 is 24.4 Å². The number of morpholine rings is 1. The molecule has 0 bridgehead atoms. The predicted molar refractivity (Wildman–Crippen MR) is 83.1 cm³/mol. The van der Waals surface area contributed by atoms with Crippen LogP contribution in [0.4, 0.5) is 0 Å². The van der Waals surface area contributed by atoms with Crippen LogP contribution in [0.5, 0.6) is 11.5 Å². The zero-order valence-corrected chi connectivity index (χ0v) is 13.2. The molecule has 0 amide bonds. The smallest absolute Gasteiger partial charge is 0.165 e. The maximum atomic E-state index is 6.03. The number of nitrogens with one attached hydrogen (secondary N) is 1. The van der Waals surface area contributed by atoms with Gasteiger partial charge in [-0.2, -0.15) is 0 Å². The second kappa shape index (κ2) is 8.22. The number of benzene rings is 1. The van der Waals surface area contributed by atoms with Gasteiger partial charge >= 0.3 is 0 Å². The van der Waals surface area contributed by atoms with E-state index in [1.807, 2.05) is 12.1 Å². The Kier molecular flexibility index (Phi) is 6.29. The summed E-state index contributed by atoms with van der Waals surface area (Å²) in [6.07, 6.45) is 0.112. The molecule has 0 radical (unpaired) electrons. The molecular formula is C16H26N2O3. The molecule has 1 atom stereocenters. The number of rotatable bonds is 7. The van der Waals surface area contributed by atoms with Gasteiger partial charge in [0.2, 0.25) is 0 Å².